The van der Waals surface area contributed by atoms with Gasteiger partial charge >= 0.3 is 5.97 Å². The summed E-state index contributed by atoms with van der Waals surface area (Å²) < 4.78 is 0. The van der Waals surface area contributed by atoms with E-state index in [0.29, 0.717) is 31.0 Å². The van der Waals surface area contributed by atoms with E-state index in [1.165, 1.54) is 24.1 Å². The Morgan fingerprint density at radius 3 is 2.46 bits per heavy atom. The zero-order valence-corrected chi connectivity index (χ0v) is 14.7. The maximum absolute atomic E-state index is 12.4. The number of carbonyl (C=O) groups is 3. The number of rotatable bonds is 4. The highest BCUT2D eigenvalue weighted by atomic mass is 35.5. The van der Waals surface area contributed by atoms with E-state index in [0.717, 1.165) is 0 Å². The van der Waals surface area contributed by atoms with Crippen molar-refractivity contribution in [3.05, 3.63) is 33.8 Å². The van der Waals surface area contributed by atoms with Gasteiger partial charge < -0.3 is 14.9 Å². The van der Waals surface area contributed by atoms with Crippen LogP contribution in [-0.2, 0) is 9.59 Å². The number of likely N-dealkylation sites (N-methyl/N-ethyl adjacent to an activating group) is 1. The van der Waals surface area contributed by atoms with Crippen molar-refractivity contribution in [1.82, 2.24) is 9.80 Å². The molecule has 1 fully saturated rings. The second-order valence-electron chi connectivity index (χ2n) is 5.78. The summed E-state index contributed by atoms with van der Waals surface area (Å²) in [6.07, 6.45) is 0.859. The van der Waals surface area contributed by atoms with Crippen LogP contribution in [0.2, 0.25) is 10.0 Å². The molecule has 0 aromatic heterocycles. The normalized spacial score (nSPS) is 15.2. The van der Waals surface area contributed by atoms with Gasteiger partial charge in [0.15, 0.2) is 0 Å². The zero-order chi connectivity index (χ0) is 17.9. The molecule has 1 N–H and O–H groups in total. The van der Waals surface area contributed by atoms with Crippen LogP contribution in [0.5, 0.6) is 0 Å². The number of piperidine rings is 1. The summed E-state index contributed by atoms with van der Waals surface area (Å²) in [7, 11) is 1.52. The van der Waals surface area contributed by atoms with Crippen molar-refractivity contribution in [2.45, 2.75) is 12.8 Å². The van der Waals surface area contributed by atoms with Crippen molar-refractivity contribution in [2.75, 3.05) is 26.7 Å². The Bertz CT molecular complexity index is 657. The molecular weight excluding hydrogens is 355 g/mol. The molecule has 130 valence electrons. The molecule has 0 bridgehead atoms. The minimum atomic E-state index is -0.829. The smallest absolute Gasteiger partial charge is 0.306 e. The molecule has 1 heterocycles. The maximum Gasteiger partial charge on any atom is 0.306 e. The van der Waals surface area contributed by atoms with Crippen LogP contribution in [0.15, 0.2) is 18.2 Å². The predicted molar refractivity (Wildman–Crippen MR) is 90.4 cm³/mol. The molecule has 2 amide bonds. The number of amides is 2. The Kier molecular flexibility index (Phi) is 6.07. The Balaban J connectivity index is 1.95. The lowest BCUT2D eigenvalue weighted by molar-refractivity contribution is -0.145. The summed E-state index contributed by atoms with van der Waals surface area (Å²) in [5.74, 6) is -1.84. The first-order chi connectivity index (χ1) is 11.3. The summed E-state index contributed by atoms with van der Waals surface area (Å²) in [5, 5.41) is 9.63. The van der Waals surface area contributed by atoms with Crippen LogP contribution in [0.4, 0.5) is 0 Å². The van der Waals surface area contributed by atoms with Crippen LogP contribution in [0.1, 0.15) is 23.2 Å². The van der Waals surface area contributed by atoms with Crippen molar-refractivity contribution in [1.29, 1.82) is 0 Å². The molecule has 24 heavy (non-hydrogen) atoms. The Labute approximate surface area is 149 Å². The average molecular weight is 373 g/mol. The standard InChI is InChI=1S/C16H18Cl2N2O4/c1-19(15(22)12-8-11(17)2-3-13(12)18)9-14(21)20-6-4-10(5-7-20)16(23)24/h2-3,8,10H,4-7,9H2,1H3,(H,23,24). The molecule has 0 aliphatic carbocycles. The summed E-state index contributed by atoms with van der Waals surface area (Å²) in [6.45, 7) is 0.672. The number of halogens is 2. The molecule has 0 saturated carbocycles. The van der Waals surface area contributed by atoms with Crippen molar-refractivity contribution in [2.24, 2.45) is 5.92 Å². The first-order valence-corrected chi connectivity index (χ1v) is 8.26. The van der Waals surface area contributed by atoms with Gasteiger partial charge in [-0.3, -0.25) is 14.4 Å². The topological polar surface area (TPSA) is 77.9 Å². The molecule has 1 aromatic rings. The van der Waals surface area contributed by atoms with E-state index >= 15 is 0 Å². The SMILES string of the molecule is CN(CC(=O)N1CCC(C(=O)O)CC1)C(=O)c1cc(Cl)ccc1Cl. The minimum Gasteiger partial charge on any atom is -0.481 e. The lowest BCUT2D eigenvalue weighted by Gasteiger charge is -2.31. The Hall–Kier alpha value is -1.79. The van der Waals surface area contributed by atoms with Crippen LogP contribution in [0, 0.1) is 5.92 Å². The second kappa shape index (κ2) is 7.85. The van der Waals surface area contributed by atoms with Crippen LogP contribution < -0.4 is 0 Å². The molecular formula is C16H18Cl2N2O4. The molecule has 0 unspecified atom stereocenters. The number of carbonyl (C=O) groups excluding carboxylic acids is 2. The number of hydrogen-bond donors (Lipinski definition) is 1. The molecule has 1 saturated heterocycles. The van der Waals surface area contributed by atoms with E-state index in [1.807, 2.05) is 0 Å². The quantitative estimate of drug-likeness (QED) is 0.879. The van der Waals surface area contributed by atoms with Gasteiger partial charge in [-0.05, 0) is 31.0 Å². The molecule has 2 rings (SSSR count). The summed E-state index contributed by atoms with van der Waals surface area (Å²) in [6, 6.07) is 4.58. The van der Waals surface area contributed by atoms with E-state index < -0.39 is 17.8 Å². The van der Waals surface area contributed by atoms with Gasteiger partial charge in [0.1, 0.15) is 0 Å². The number of benzene rings is 1. The van der Waals surface area contributed by atoms with E-state index in [9.17, 15) is 14.4 Å². The fourth-order valence-electron chi connectivity index (χ4n) is 2.62. The Morgan fingerprint density at radius 2 is 1.88 bits per heavy atom. The van der Waals surface area contributed by atoms with Crippen LogP contribution in [0.25, 0.3) is 0 Å². The van der Waals surface area contributed by atoms with Gasteiger partial charge in [-0.2, -0.15) is 0 Å². The molecule has 1 aliphatic rings. The lowest BCUT2D eigenvalue weighted by atomic mass is 9.97. The fourth-order valence-corrected chi connectivity index (χ4v) is 2.99. The maximum atomic E-state index is 12.4. The van der Waals surface area contributed by atoms with Gasteiger partial charge in [0.2, 0.25) is 5.91 Å². The number of carboxylic acids is 1. The van der Waals surface area contributed by atoms with Crippen molar-refractivity contribution in [3.8, 4) is 0 Å². The first-order valence-electron chi connectivity index (χ1n) is 7.50. The summed E-state index contributed by atoms with van der Waals surface area (Å²) in [4.78, 5) is 38.5. The van der Waals surface area contributed by atoms with Gasteiger partial charge in [0, 0.05) is 25.2 Å². The van der Waals surface area contributed by atoms with E-state index in [2.05, 4.69) is 0 Å². The highest BCUT2D eigenvalue weighted by molar-refractivity contribution is 6.35. The average Bonchev–Trinajstić information content (AvgIpc) is 2.56. The third-order valence-corrected chi connectivity index (χ3v) is 4.64. The monoisotopic (exact) mass is 372 g/mol. The molecule has 0 spiro atoms. The highest BCUT2D eigenvalue weighted by Gasteiger charge is 2.28. The Morgan fingerprint density at radius 1 is 1.25 bits per heavy atom. The summed E-state index contributed by atoms with van der Waals surface area (Å²) >= 11 is 11.9. The highest BCUT2D eigenvalue weighted by Crippen LogP contribution is 2.22. The minimum absolute atomic E-state index is 0.0978. The largest absolute Gasteiger partial charge is 0.481 e. The summed E-state index contributed by atoms with van der Waals surface area (Å²) in [5.41, 5.74) is 0.240. The third kappa shape index (κ3) is 4.39. The van der Waals surface area contributed by atoms with Gasteiger partial charge in [-0.15, -0.1) is 0 Å². The van der Waals surface area contributed by atoms with Crippen molar-refractivity contribution < 1.29 is 19.5 Å². The van der Waals surface area contributed by atoms with Gasteiger partial charge in [-0.1, -0.05) is 23.2 Å². The molecule has 0 radical (unpaired) electrons. The zero-order valence-electron chi connectivity index (χ0n) is 13.2. The van der Waals surface area contributed by atoms with E-state index in [4.69, 9.17) is 28.3 Å². The van der Waals surface area contributed by atoms with Crippen LogP contribution >= 0.6 is 23.2 Å². The van der Waals surface area contributed by atoms with Gasteiger partial charge in [0.05, 0.1) is 23.0 Å². The number of aliphatic carboxylic acids is 1. The number of likely N-dealkylation sites (tertiary alicyclic amines) is 1. The fraction of sp³-hybridized carbons (Fsp3) is 0.438. The van der Waals surface area contributed by atoms with Crippen molar-refractivity contribution >= 4 is 41.0 Å². The predicted octanol–water partition coefficient (Wildman–Crippen LogP) is 2.39. The number of carboxylic acid groups (broad SMARTS) is 1. The van der Waals surface area contributed by atoms with E-state index in [1.54, 1.807) is 11.0 Å². The molecule has 0 atom stereocenters. The lowest BCUT2D eigenvalue weighted by Crippen LogP contribution is -2.45. The van der Waals surface area contributed by atoms with Crippen molar-refractivity contribution in [3.63, 3.8) is 0 Å². The first kappa shape index (κ1) is 18.5. The molecule has 1 aliphatic heterocycles. The second-order valence-corrected chi connectivity index (χ2v) is 6.62. The third-order valence-electron chi connectivity index (χ3n) is 4.07. The van der Waals surface area contributed by atoms with Crippen LogP contribution in [0.3, 0.4) is 0 Å². The van der Waals surface area contributed by atoms with E-state index in [-0.39, 0.29) is 23.0 Å². The molecule has 1 aromatic carbocycles. The number of hydrogen-bond acceptors (Lipinski definition) is 3. The van der Waals surface area contributed by atoms with Crippen LogP contribution in [-0.4, -0.2) is 59.4 Å². The van der Waals surface area contributed by atoms with Gasteiger partial charge in [-0.25, -0.2) is 0 Å². The van der Waals surface area contributed by atoms with Gasteiger partial charge in [0.25, 0.3) is 5.91 Å². The number of nitrogens with zero attached hydrogens (tertiary/aromatic N) is 2. The molecule has 6 nitrogen and oxygen atoms in total. The molecule has 8 heteroatoms.